The van der Waals surface area contributed by atoms with Gasteiger partial charge in [-0.25, -0.2) is 0 Å². The summed E-state index contributed by atoms with van der Waals surface area (Å²) < 4.78 is 5.31. The van der Waals surface area contributed by atoms with Gasteiger partial charge in [-0.05, 0) is 54.4 Å². The first-order valence-electron chi connectivity index (χ1n) is 9.99. The molecule has 0 aromatic heterocycles. The lowest BCUT2D eigenvalue weighted by Gasteiger charge is -2.14. The summed E-state index contributed by atoms with van der Waals surface area (Å²) in [5, 5.41) is 15.0. The van der Waals surface area contributed by atoms with Crippen molar-refractivity contribution in [2.45, 2.75) is 24.8 Å². The van der Waals surface area contributed by atoms with Crippen molar-refractivity contribution in [3.8, 4) is 0 Å². The summed E-state index contributed by atoms with van der Waals surface area (Å²) in [6.45, 7) is 3.09. The van der Waals surface area contributed by atoms with E-state index in [-0.39, 0.29) is 12.3 Å². The largest absolute Gasteiger partial charge is 0.379 e. The van der Waals surface area contributed by atoms with Crippen LogP contribution in [-0.4, -0.2) is 18.7 Å². The number of nitrogens with one attached hydrogen (secondary N) is 3. The van der Waals surface area contributed by atoms with E-state index in [1.165, 1.54) is 18.3 Å². The van der Waals surface area contributed by atoms with E-state index in [1.807, 2.05) is 55.5 Å². The highest BCUT2D eigenvalue weighted by atomic mass is 35.5. The second kappa shape index (κ2) is 11.9. The first kappa shape index (κ1) is 24.1. The fourth-order valence-corrected chi connectivity index (χ4v) is 3.89. The van der Waals surface area contributed by atoms with Crippen molar-refractivity contribution in [3.63, 3.8) is 0 Å². The van der Waals surface area contributed by atoms with Gasteiger partial charge in [0.05, 0.1) is 23.7 Å². The molecule has 3 aromatic rings. The highest BCUT2D eigenvalue weighted by molar-refractivity contribution is 7.94. The zero-order chi connectivity index (χ0) is 22.9. The number of benzene rings is 3. The molecule has 0 aliphatic rings. The maximum atomic E-state index is 12.5. The molecule has 0 spiro atoms. The normalized spacial score (nSPS) is 10.6. The summed E-state index contributed by atoms with van der Waals surface area (Å²) in [6, 6.07) is 18.5. The number of carbonyl (C=O) groups excluding carboxylic acids is 1. The van der Waals surface area contributed by atoms with Crippen molar-refractivity contribution in [2.24, 2.45) is 0 Å². The van der Waals surface area contributed by atoms with Crippen molar-refractivity contribution >= 4 is 58.7 Å². The molecule has 0 saturated carbocycles. The molecule has 0 radical (unpaired) electrons. The van der Waals surface area contributed by atoms with Gasteiger partial charge in [0.2, 0.25) is 5.91 Å². The van der Waals surface area contributed by atoms with Gasteiger partial charge in [0, 0.05) is 46.0 Å². The van der Waals surface area contributed by atoms with Gasteiger partial charge in [-0.2, -0.15) is 0 Å². The van der Waals surface area contributed by atoms with E-state index in [4.69, 9.17) is 32.8 Å². The van der Waals surface area contributed by atoms with Gasteiger partial charge in [-0.3, -0.25) is 4.79 Å². The smallest absolute Gasteiger partial charge is 0.228 e. The van der Waals surface area contributed by atoms with Crippen molar-refractivity contribution in [2.75, 3.05) is 17.2 Å². The van der Waals surface area contributed by atoms with Gasteiger partial charge in [-0.1, -0.05) is 47.5 Å². The summed E-state index contributed by atoms with van der Waals surface area (Å²) in [5.74, 6) is -0.163. The molecule has 0 bridgehead atoms. The molecule has 0 heterocycles. The van der Waals surface area contributed by atoms with Crippen LogP contribution in [0.2, 0.25) is 10.0 Å². The van der Waals surface area contributed by atoms with Crippen LogP contribution in [0.5, 0.6) is 0 Å². The van der Waals surface area contributed by atoms with Crippen LogP contribution in [0.3, 0.4) is 0 Å². The van der Waals surface area contributed by atoms with Crippen LogP contribution in [0.25, 0.3) is 0 Å². The zero-order valence-corrected chi connectivity index (χ0v) is 19.8. The maximum Gasteiger partial charge on any atom is 0.228 e. The minimum absolute atomic E-state index is 0.163. The highest BCUT2D eigenvalue weighted by Gasteiger charge is 2.11. The molecule has 0 fully saturated rings. The van der Waals surface area contributed by atoms with Gasteiger partial charge in [0.1, 0.15) is 0 Å². The van der Waals surface area contributed by atoms with Crippen LogP contribution in [-0.2, 0) is 21.9 Å². The number of hydrogen-bond donors (Lipinski definition) is 3. The molecular formula is C24H23Cl2N3O2S. The van der Waals surface area contributed by atoms with E-state index in [0.29, 0.717) is 40.1 Å². The molecule has 0 saturated heterocycles. The quantitative estimate of drug-likeness (QED) is 0.216. The number of amides is 1. The third kappa shape index (κ3) is 7.00. The fourth-order valence-electron chi connectivity index (χ4n) is 2.97. The third-order valence-corrected chi connectivity index (χ3v) is 5.87. The Bertz CT molecular complexity index is 1070. The zero-order valence-electron chi connectivity index (χ0n) is 17.5. The lowest BCUT2D eigenvalue weighted by molar-refractivity contribution is -0.115. The Morgan fingerprint density at radius 3 is 2.41 bits per heavy atom. The van der Waals surface area contributed by atoms with Crippen molar-refractivity contribution in [1.29, 1.82) is 5.41 Å². The van der Waals surface area contributed by atoms with Gasteiger partial charge in [0.25, 0.3) is 0 Å². The first-order chi connectivity index (χ1) is 15.5. The molecule has 3 aromatic carbocycles. The van der Waals surface area contributed by atoms with E-state index in [1.54, 1.807) is 12.1 Å². The maximum absolute atomic E-state index is 12.5. The van der Waals surface area contributed by atoms with Crippen molar-refractivity contribution in [1.82, 2.24) is 0 Å². The van der Waals surface area contributed by atoms with Crippen LogP contribution in [0.15, 0.2) is 65.6 Å². The van der Waals surface area contributed by atoms with Gasteiger partial charge >= 0.3 is 0 Å². The SMILES string of the molecule is CCOSc1ccc(CC(=O)Nc2cc(Cl)c(NCc3ccc(Cl)cc3)c(C=N)c2)cc1. The van der Waals surface area contributed by atoms with E-state index >= 15 is 0 Å². The van der Waals surface area contributed by atoms with E-state index in [9.17, 15) is 4.79 Å². The molecule has 5 nitrogen and oxygen atoms in total. The van der Waals surface area contributed by atoms with E-state index in [0.717, 1.165) is 16.0 Å². The molecule has 32 heavy (non-hydrogen) atoms. The number of hydrogen-bond acceptors (Lipinski definition) is 5. The average molecular weight is 488 g/mol. The number of rotatable bonds is 10. The Hall–Kier alpha value is -2.51. The first-order valence-corrected chi connectivity index (χ1v) is 11.5. The van der Waals surface area contributed by atoms with Crippen LogP contribution in [0, 0.1) is 5.41 Å². The highest BCUT2D eigenvalue weighted by Crippen LogP contribution is 2.30. The number of carbonyl (C=O) groups is 1. The lowest BCUT2D eigenvalue weighted by atomic mass is 10.1. The predicted octanol–water partition coefficient (Wildman–Crippen LogP) is 6.83. The Morgan fingerprint density at radius 1 is 1.06 bits per heavy atom. The number of anilines is 2. The second-order valence-electron chi connectivity index (χ2n) is 6.91. The fraction of sp³-hybridized carbons (Fsp3) is 0.167. The van der Waals surface area contributed by atoms with E-state index in [2.05, 4.69) is 10.6 Å². The predicted molar refractivity (Wildman–Crippen MR) is 134 cm³/mol. The van der Waals surface area contributed by atoms with E-state index < -0.39 is 0 Å². The Morgan fingerprint density at radius 2 is 1.75 bits per heavy atom. The van der Waals surface area contributed by atoms with Crippen LogP contribution in [0.4, 0.5) is 11.4 Å². The standard InChI is InChI=1S/C24H23Cl2N3O2S/c1-2-31-32-21-9-5-16(6-10-21)11-23(30)29-20-12-18(14-27)24(22(26)13-20)28-15-17-3-7-19(25)8-4-17/h3-10,12-14,27-28H,2,11,15H2,1H3,(H,29,30). The minimum atomic E-state index is -0.163. The molecule has 0 aliphatic carbocycles. The topological polar surface area (TPSA) is 74.2 Å². The van der Waals surface area contributed by atoms with Crippen LogP contribution >= 0.6 is 35.2 Å². The second-order valence-corrected chi connectivity index (χ2v) is 8.62. The monoisotopic (exact) mass is 487 g/mol. The molecule has 3 rings (SSSR count). The van der Waals surface area contributed by atoms with Gasteiger partial charge < -0.3 is 20.2 Å². The van der Waals surface area contributed by atoms with Gasteiger partial charge in [0.15, 0.2) is 0 Å². The number of halogens is 2. The minimum Gasteiger partial charge on any atom is -0.379 e. The van der Waals surface area contributed by atoms with Crippen LogP contribution < -0.4 is 10.6 Å². The van der Waals surface area contributed by atoms with Crippen LogP contribution in [0.1, 0.15) is 23.6 Å². The summed E-state index contributed by atoms with van der Waals surface area (Å²) in [6.07, 6.45) is 1.44. The molecule has 0 unspecified atom stereocenters. The third-order valence-electron chi connectivity index (χ3n) is 4.50. The molecule has 166 valence electrons. The molecule has 3 N–H and O–H groups in total. The average Bonchev–Trinajstić information content (AvgIpc) is 2.78. The molecule has 1 amide bonds. The Kier molecular flexibility index (Phi) is 9.00. The summed E-state index contributed by atoms with van der Waals surface area (Å²) in [4.78, 5) is 13.5. The summed E-state index contributed by atoms with van der Waals surface area (Å²) in [5.41, 5.74) is 3.68. The Balaban J connectivity index is 1.63. The summed E-state index contributed by atoms with van der Waals surface area (Å²) in [7, 11) is 0. The van der Waals surface area contributed by atoms with Gasteiger partial charge in [-0.15, -0.1) is 0 Å². The lowest BCUT2D eigenvalue weighted by Crippen LogP contribution is -2.15. The molecule has 0 atom stereocenters. The molecule has 8 heteroatoms. The molecular weight excluding hydrogens is 465 g/mol. The Labute approximate surface area is 202 Å². The summed E-state index contributed by atoms with van der Waals surface area (Å²) >= 11 is 13.7. The van der Waals surface area contributed by atoms with Crippen molar-refractivity contribution in [3.05, 3.63) is 87.4 Å². The van der Waals surface area contributed by atoms with Crippen molar-refractivity contribution < 1.29 is 8.98 Å². The molecule has 0 aliphatic heterocycles.